The van der Waals surface area contributed by atoms with Gasteiger partial charge in [-0.25, -0.2) is 0 Å². The van der Waals surface area contributed by atoms with Crippen LogP contribution in [0.15, 0.2) is 24.3 Å². The van der Waals surface area contributed by atoms with Gasteiger partial charge < -0.3 is 45.1 Å². The Morgan fingerprint density at radius 3 is 1.45 bits per heavy atom. The molecule has 1 rings (SSSR count). The molecule has 67 heavy (non-hydrogen) atoms. The molecular weight excluding hydrogens is 847 g/mol. The minimum atomic E-state index is -1.58. The van der Waals surface area contributed by atoms with Crippen molar-refractivity contribution in [3.63, 3.8) is 0 Å². The Hall–Kier alpha value is -1.86. The molecule has 11 heteroatoms. The molecule has 0 saturated carbocycles. The number of nitrogens with one attached hydrogen (secondary N) is 1. The van der Waals surface area contributed by atoms with Crippen LogP contribution in [0.25, 0.3) is 0 Å². The maximum atomic E-state index is 13.0. The first-order valence-corrected chi connectivity index (χ1v) is 28.1. The number of carbonyl (C=O) groups excluding carboxylic acids is 2. The number of rotatable bonds is 48. The minimum Gasteiger partial charge on any atom is -0.466 e. The molecule has 7 atom stereocenters. The number of hydrogen-bond donors (Lipinski definition) is 6. The van der Waals surface area contributed by atoms with Crippen molar-refractivity contribution < 1.29 is 49.3 Å². The van der Waals surface area contributed by atoms with E-state index in [0.717, 1.165) is 70.6 Å². The average molecular weight is 952 g/mol. The SMILES string of the molecule is CCCCCCCCC/C=C/C(O)C(COC1OC(CO)C(O)C(O)C1O)NC(=O)CCCCC/C=C\CCCCCCCCOC(=O)CCCCCCCCCCCCCCCCCCC. The number of carbonyl (C=O) groups is 2. The van der Waals surface area contributed by atoms with Gasteiger partial charge in [0.1, 0.15) is 24.4 Å². The van der Waals surface area contributed by atoms with E-state index in [1.165, 1.54) is 154 Å². The monoisotopic (exact) mass is 952 g/mol. The number of esters is 1. The van der Waals surface area contributed by atoms with Gasteiger partial charge in [0.15, 0.2) is 6.29 Å². The van der Waals surface area contributed by atoms with E-state index in [-0.39, 0.29) is 18.5 Å². The Balaban J connectivity index is 2.09. The highest BCUT2D eigenvalue weighted by atomic mass is 16.7. The Kier molecular flexibility index (Phi) is 43.8. The van der Waals surface area contributed by atoms with E-state index >= 15 is 0 Å². The maximum absolute atomic E-state index is 13.0. The highest BCUT2D eigenvalue weighted by Crippen LogP contribution is 2.23. The van der Waals surface area contributed by atoms with Gasteiger partial charge in [0.2, 0.25) is 5.91 Å². The molecule has 0 radical (unpaired) electrons. The third kappa shape index (κ3) is 36.7. The molecule has 1 saturated heterocycles. The molecule has 0 bridgehead atoms. The van der Waals surface area contributed by atoms with Crippen molar-refractivity contribution >= 4 is 11.9 Å². The lowest BCUT2D eigenvalue weighted by atomic mass is 9.99. The summed E-state index contributed by atoms with van der Waals surface area (Å²) in [6.07, 6.45) is 44.2. The van der Waals surface area contributed by atoms with E-state index in [1.807, 2.05) is 6.08 Å². The number of amides is 1. The van der Waals surface area contributed by atoms with Crippen molar-refractivity contribution in [2.45, 2.75) is 301 Å². The lowest BCUT2D eigenvalue weighted by Crippen LogP contribution is -2.60. The first kappa shape index (κ1) is 63.2. The summed E-state index contributed by atoms with van der Waals surface area (Å²) in [5.41, 5.74) is 0. The zero-order chi connectivity index (χ0) is 48.8. The highest BCUT2D eigenvalue weighted by molar-refractivity contribution is 5.76. The van der Waals surface area contributed by atoms with E-state index in [9.17, 15) is 35.1 Å². The number of aliphatic hydroxyl groups excluding tert-OH is 5. The Morgan fingerprint density at radius 1 is 0.537 bits per heavy atom. The van der Waals surface area contributed by atoms with Crippen LogP contribution in [0.1, 0.15) is 258 Å². The Labute approximate surface area is 410 Å². The molecule has 0 aromatic heterocycles. The summed E-state index contributed by atoms with van der Waals surface area (Å²) in [7, 11) is 0. The van der Waals surface area contributed by atoms with Crippen LogP contribution in [-0.2, 0) is 23.8 Å². The van der Waals surface area contributed by atoms with E-state index < -0.39 is 49.5 Å². The molecule has 1 fully saturated rings. The van der Waals surface area contributed by atoms with Gasteiger partial charge in [-0.1, -0.05) is 212 Å². The number of hydrogen-bond acceptors (Lipinski definition) is 10. The zero-order valence-electron chi connectivity index (χ0n) is 43.1. The van der Waals surface area contributed by atoms with Crippen molar-refractivity contribution in [3.8, 4) is 0 Å². The fourth-order valence-electron chi connectivity index (χ4n) is 8.78. The molecule has 0 spiro atoms. The fraction of sp³-hybridized carbons (Fsp3) is 0.893. The van der Waals surface area contributed by atoms with Crippen molar-refractivity contribution in [2.24, 2.45) is 0 Å². The predicted molar refractivity (Wildman–Crippen MR) is 274 cm³/mol. The first-order chi connectivity index (χ1) is 32.7. The van der Waals surface area contributed by atoms with Gasteiger partial charge in [0, 0.05) is 12.8 Å². The van der Waals surface area contributed by atoms with Gasteiger partial charge in [-0.15, -0.1) is 0 Å². The number of unbranched alkanes of at least 4 members (excludes halogenated alkanes) is 32. The molecule has 7 unspecified atom stereocenters. The molecule has 394 valence electrons. The van der Waals surface area contributed by atoms with Crippen LogP contribution in [0.3, 0.4) is 0 Å². The van der Waals surface area contributed by atoms with Crippen molar-refractivity contribution in [1.29, 1.82) is 0 Å². The van der Waals surface area contributed by atoms with Gasteiger partial charge in [-0.05, 0) is 57.8 Å². The maximum Gasteiger partial charge on any atom is 0.305 e. The van der Waals surface area contributed by atoms with Crippen LogP contribution in [0.2, 0.25) is 0 Å². The summed E-state index contributed by atoms with van der Waals surface area (Å²) in [5, 5.41) is 54.1. The van der Waals surface area contributed by atoms with E-state index in [4.69, 9.17) is 14.2 Å². The predicted octanol–water partition coefficient (Wildman–Crippen LogP) is 12.2. The third-order valence-electron chi connectivity index (χ3n) is 13.3. The molecular formula is C56H105NO10. The highest BCUT2D eigenvalue weighted by Gasteiger charge is 2.44. The summed E-state index contributed by atoms with van der Waals surface area (Å²) in [6.45, 7) is 4.25. The average Bonchev–Trinajstić information content (AvgIpc) is 3.32. The summed E-state index contributed by atoms with van der Waals surface area (Å²) < 4.78 is 16.6. The smallest absolute Gasteiger partial charge is 0.305 e. The molecule has 6 N–H and O–H groups in total. The second kappa shape index (κ2) is 46.5. The normalized spacial score (nSPS) is 19.7. The van der Waals surface area contributed by atoms with Gasteiger partial charge in [0.25, 0.3) is 0 Å². The second-order valence-corrected chi connectivity index (χ2v) is 19.6. The van der Waals surface area contributed by atoms with Crippen LogP contribution in [-0.4, -0.2) is 100 Å². The van der Waals surface area contributed by atoms with Gasteiger partial charge >= 0.3 is 5.97 Å². The van der Waals surface area contributed by atoms with Crippen molar-refractivity contribution in [2.75, 3.05) is 19.8 Å². The summed E-state index contributed by atoms with van der Waals surface area (Å²) in [5.74, 6) is -0.245. The van der Waals surface area contributed by atoms with Crippen LogP contribution in [0.4, 0.5) is 0 Å². The lowest BCUT2D eigenvalue weighted by Gasteiger charge is -2.40. The summed E-state index contributed by atoms with van der Waals surface area (Å²) >= 11 is 0. The van der Waals surface area contributed by atoms with Crippen LogP contribution < -0.4 is 5.32 Å². The third-order valence-corrected chi connectivity index (χ3v) is 13.3. The Bertz CT molecular complexity index is 1170. The van der Waals surface area contributed by atoms with Crippen LogP contribution >= 0.6 is 0 Å². The quantitative estimate of drug-likeness (QED) is 0.0196. The molecule has 1 aliphatic heterocycles. The molecule has 11 nitrogen and oxygen atoms in total. The first-order valence-electron chi connectivity index (χ1n) is 28.1. The van der Waals surface area contributed by atoms with Gasteiger partial charge in [-0.2, -0.15) is 0 Å². The molecule has 0 aliphatic carbocycles. The van der Waals surface area contributed by atoms with Crippen molar-refractivity contribution in [3.05, 3.63) is 24.3 Å². The molecule has 1 amide bonds. The Morgan fingerprint density at radius 2 is 0.955 bits per heavy atom. The standard InChI is InChI=1S/C56H105NO10/c1-3-5-7-9-11-13-14-15-16-17-18-21-24-28-32-36-40-44-52(61)65-45-41-37-33-29-25-22-19-20-23-27-31-35-39-43-51(60)57-48(49(59)42-38-34-30-26-12-10-8-6-4-2)47-66-56-55(64)54(63)53(62)50(46-58)67-56/h20,23,38,42,48-50,53-56,58-59,62-64H,3-19,21-22,24-37,39-41,43-47H2,1-2H3,(H,57,60)/b23-20-,42-38+. The van der Waals surface area contributed by atoms with Crippen LogP contribution in [0.5, 0.6) is 0 Å². The topological polar surface area (TPSA) is 175 Å². The number of allylic oxidation sites excluding steroid dienone is 3. The fourth-order valence-corrected chi connectivity index (χ4v) is 8.78. The van der Waals surface area contributed by atoms with E-state index in [1.54, 1.807) is 6.08 Å². The second-order valence-electron chi connectivity index (χ2n) is 19.6. The van der Waals surface area contributed by atoms with E-state index in [0.29, 0.717) is 25.9 Å². The molecule has 1 aliphatic rings. The lowest BCUT2D eigenvalue weighted by molar-refractivity contribution is -0.302. The zero-order valence-corrected chi connectivity index (χ0v) is 43.1. The van der Waals surface area contributed by atoms with Gasteiger partial charge in [0.05, 0.1) is 32.0 Å². The largest absolute Gasteiger partial charge is 0.466 e. The molecule has 0 aromatic rings. The van der Waals surface area contributed by atoms with Crippen LogP contribution in [0, 0.1) is 0 Å². The van der Waals surface area contributed by atoms with E-state index in [2.05, 4.69) is 31.3 Å². The molecule has 0 aromatic carbocycles. The molecule has 1 heterocycles. The minimum absolute atomic E-state index is 0.0313. The number of ether oxygens (including phenoxy) is 3. The van der Waals surface area contributed by atoms with Gasteiger partial charge in [-0.3, -0.25) is 9.59 Å². The van der Waals surface area contributed by atoms with Crippen molar-refractivity contribution in [1.82, 2.24) is 5.32 Å². The summed E-state index contributed by atoms with van der Waals surface area (Å²) in [6, 6.07) is -0.828. The number of aliphatic hydroxyl groups is 5. The summed E-state index contributed by atoms with van der Waals surface area (Å²) in [4.78, 5) is 25.1.